The molecule has 44 heavy (non-hydrogen) atoms. The number of methoxy groups -OCH3 is 2. The van der Waals surface area contributed by atoms with Crippen LogP contribution in [-0.4, -0.2) is 97.1 Å². The third-order valence-corrected chi connectivity index (χ3v) is 8.47. The molecule has 2 aliphatic carbocycles. The number of ether oxygens (including phenoxy) is 2. The molecule has 12 heteroatoms. The minimum atomic E-state index is -1.52. The number of ketones is 5. The predicted molar refractivity (Wildman–Crippen MR) is 153 cm³/mol. The quantitative estimate of drug-likeness (QED) is 0.375. The van der Waals surface area contributed by atoms with Crippen molar-refractivity contribution in [3.8, 4) is 11.1 Å². The Bertz CT molecular complexity index is 1610. The zero-order valence-corrected chi connectivity index (χ0v) is 24.2. The highest BCUT2D eigenvalue weighted by molar-refractivity contribution is 6.36. The first kappa shape index (κ1) is 30.5. The van der Waals surface area contributed by atoms with Gasteiger partial charge in [0.25, 0.3) is 0 Å². The van der Waals surface area contributed by atoms with Crippen molar-refractivity contribution in [2.45, 2.75) is 31.7 Å². The Balaban J connectivity index is 0.000000367. The number of fused-ring (bicyclic) bond motifs is 2. The molecule has 0 aromatic heterocycles. The number of aldehydes is 1. The Kier molecular flexibility index (Phi) is 8.52. The first-order valence-corrected chi connectivity index (χ1v) is 14.2. The van der Waals surface area contributed by atoms with E-state index >= 15 is 0 Å². The van der Waals surface area contributed by atoms with E-state index in [4.69, 9.17) is 4.74 Å². The fourth-order valence-corrected chi connectivity index (χ4v) is 6.17. The summed E-state index contributed by atoms with van der Waals surface area (Å²) < 4.78 is 9.24. The van der Waals surface area contributed by atoms with Gasteiger partial charge in [0.2, 0.25) is 0 Å². The summed E-state index contributed by atoms with van der Waals surface area (Å²) in [6.07, 6.45) is 2.60. The Labute approximate surface area is 252 Å². The van der Waals surface area contributed by atoms with Crippen LogP contribution in [0.2, 0.25) is 0 Å². The molecule has 228 valence electrons. The number of hydrogen-bond donors (Lipinski definition) is 0. The van der Waals surface area contributed by atoms with Crippen LogP contribution < -0.4 is 0 Å². The Morgan fingerprint density at radius 2 is 1.23 bits per heavy atom. The van der Waals surface area contributed by atoms with E-state index in [1.54, 1.807) is 17.0 Å². The lowest BCUT2D eigenvalue weighted by Crippen LogP contribution is -2.45. The van der Waals surface area contributed by atoms with Gasteiger partial charge in [0.05, 0.1) is 20.3 Å². The smallest absolute Gasteiger partial charge is 0.410 e. The molecule has 3 atom stereocenters. The fraction of sp³-hybridized carbons (Fsp3) is 0.375. The molecule has 2 amide bonds. The zero-order valence-electron chi connectivity index (χ0n) is 24.2. The number of nitrogens with zero attached hydrogens (tertiary/aromatic N) is 2. The van der Waals surface area contributed by atoms with Crippen LogP contribution in [0, 0.1) is 11.8 Å². The summed E-state index contributed by atoms with van der Waals surface area (Å²) in [5.74, 6) is -5.86. The fourth-order valence-electron chi connectivity index (χ4n) is 6.17. The van der Waals surface area contributed by atoms with Crippen molar-refractivity contribution in [2.75, 3.05) is 33.9 Å². The summed E-state index contributed by atoms with van der Waals surface area (Å²) in [6.45, 7) is 2.04. The molecule has 0 N–H and O–H groups in total. The number of amides is 2. The normalized spacial score (nSPS) is 21.9. The second-order valence-corrected chi connectivity index (χ2v) is 10.9. The van der Waals surface area contributed by atoms with E-state index < -0.39 is 52.9 Å². The summed E-state index contributed by atoms with van der Waals surface area (Å²) in [4.78, 5) is 101. The van der Waals surface area contributed by atoms with E-state index in [1.807, 2.05) is 0 Å². The van der Waals surface area contributed by atoms with Gasteiger partial charge in [0.15, 0.2) is 28.9 Å². The highest BCUT2D eigenvalue weighted by Gasteiger charge is 2.48. The third-order valence-electron chi connectivity index (χ3n) is 8.47. The van der Waals surface area contributed by atoms with Gasteiger partial charge in [-0.25, -0.2) is 9.59 Å². The first-order valence-electron chi connectivity index (χ1n) is 14.2. The van der Waals surface area contributed by atoms with Crippen molar-refractivity contribution in [1.29, 1.82) is 0 Å². The molecular formula is C32H30N2O10. The van der Waals surface area contributed by atoms with Crippen LogP contribution in [0.15, 0.2) is 36.4 Å². The minimum absolute atomic E-state index is 0.0853. The first-order chi connectivity index (χ1) is 21.1. The SMILES string of the molecule is COC(=O)N1CCCC1.COC(=O)N1CCCC1C(=O)C1C(=O)c2ccc(-c3ccc4c(c3)C(=O)C(C=O)C4=O)cc2C1=O. The van der Waals surface area contributed by atoms with E-state index in [-0.39, 0.29) is 28.3 Å². The standard InChI is InChI=1S/C26H19NO8.C6H11NO2/c1-35-26(34)27-8-2-3-19(27)25(33)20-23(31)15-7-5-13(10-17(15)24(20)32)12-4-6-14-16(9-12)22(30)18(11-28)21(14)29;1-9-6(8)7-4-2-3-5-7/h4-7,9-11,18-20H,2-3,8H2,1H3;2-5H2,1H3. The van der Waals surface area contributed by atoms with Crippen molar-refractivity contribution in [3.63, 3.8) is 0 Å². The monoisotopic (exact) mass is 602 g/mol. The molecule has 0 saturated carbocycles. The lowest BCUT2D eigenvalue weighted by molar-refractivity contribution is -0.124. The van der Waals surface area contributed by atoms with Crippen LogP contribution in [0.1, 0.15) is 67.1 Å². The van der Waals surface area contributed by atoms with Gasteiger partial charge in [-0.05, 0) is 48.9 Å². The maximum Gasteiger partial charge on any atom is 0.410 e. The Hall–Kier alpha value is -5.00. The molecule has 3 unspecified atom stereocenters. The topological polar surface area (TPSA) is 161 Å². The van der Waals surface area contributed by atoms with E-state index in [9.17, 15) is 38.4 Å². The molecule has 4 aliphatic rings. The van der Waals surface area contributed by atoms with E-state index in [0.717, 1.165) is 25.9 Å². The Morgan fingerprint density at radius 1 is 0.705 bits per heavy atom. The summed E-state index contributed by atoms with van der Waals surface area (Å²) >= 11 is 0. The van der Waals surface area contributed by atoms with Gasteiger partial charge in [-0.2, -0.15) is 0 Å². The molecule has 0 bridgehead atoms. The second kappa shape index (κ2) is 12.3. The molecule has 2 fully saturated rings. The van der Waals surface area contributed by atoms with Crippen molar-refractivity contribution < 1.29 is 47.8 Å². The van der Waals surface area contributed by atoms with Gasteiger partial charge in [-0.3, -0.25) is 28.9 Å². The lowest BCUT2D eigenvalue weighted by atomic mass is 9.92. The molecule has 2 saturated heterocycles. The van der Waals surface area contributed by atoms with Gasteiger partial charge < -0.3 is 19.2 Å². The lowest BCUT2D eigenvalue weighted by Gasteiger charge is -2.23. The van der Waals surface area contributed by atoms with Crippen molar-refractivity contribution in [3.05, 3.63) is 58.7 Å². The third kappa shape index (κ3) is 5.20. The summed E-state index contributed by atoms with van der Waals surface area (Å²) in [5.41, 5.74) is 1.52. The molecule has 2 aliphatic heterocycles. The van der Waals surface area contributed by atoms with E-state index in [2.05, 4.69) is 4.74 Å². The highest BCUT2D eigenvalue weighted by atomic mass is 16.5. The average Bonchev–Trinajstić information content (AvgIpc) is 3.84. The number of carbonyl (C=O) groups is 8. The van der Waals surface area contributed by atoms with E-state index in [0.29, 0.717) is 36.8 Å². The summed E-state index contributed by atoms with van der Waals surface area (Å²) in [6, 6.07) is 8.16. The Morgan fingerprint density at radius 3 is 1.80 bits per heavy atom. The maximum absolute atomic E-state index is 13.2. The van der Waals surface area contributed by atoms with Crippen LogP contribution in [0.4, 0.5) is 9.59 Å². The number of carbonyl (C=O) groups excluding carboxylic acids is 8. The molecule has 12 nitrogen and oxygen atoms in total. The predicted octanol–water partition coefficient (Wildman–Crippen LogP) is 3.19. The summed E-state index contributed by atoms with van der Waals surface area (Å²) in [5, 5.41) is 0. The number of benzene rings is 2. The molecule has 2 heterocycles. The number of rotatable bonds is 4. The van der Waals surface area contributed by atoms with Crippen LogP contribution in [0.3, 0.4) is 0 Å². The van der Waals surface area contributed by atoms with Crippen LogP contribution in [0.5, 0.6) is 0 Å². The highest BCUT2D eigenvalue weighted by Crippen LogP contribution is 2.36. The molecule has 0 radical (unpaired) electrons. The average molecular weight is 603 g/mol. The number of likely N-dealkylation sites (tertiary alicyclic amines) is 2. The van der Waals surface area contributed by atoms with Crippen LogP contribution in [0.25, 0.3) is 11.1 Å². The van der Waals surface area contributed by atoms with Crippen molar-refractivity contribution in [2.24, 2.45) is 11.8 Å². The molecule has 0 spiro atoms. The van der Waals surface area contributed by atoms with Gasteiger partial charge >= 0.3 is 12.2 Å². The number of Topliss-reactive ketones (excluding diaryl/α,β-unsaturated/α-hetero) is 5. The van der Waals surface area contributed by atoms with Gasteiger partial charge in [-0.15, -0.1) is 0 Å². The van der Waals surface area contributed by atoms with Crippen molar-refractivity contribution in [1.82, 2.24) is 9.80 Å². The molecule has 2 aromatic carbocycles. The number of hydrogen-bond acceptors (Lipinski definition) is 10. The summed E-state index contributed by atoms with van der Waals surface area (Å²) in [7, 11) is 2.62. The maximum atomic E-state index is 13.2. The van der Waals surface area contributed by atoms with Crippen LogP contribution >= 0.6 is 0 Å². The molecule has 2 aromatic rings. The second-order valence-electron chi connectivity index (χ2n) is 10.9. The van der Waals surface area contributed by atoms with Gasteiger partial charge in [-0.1, -0.05) is 24.3 Å². The van der Waals surface area contributed by atoms with Crippen molar-refractivity contribution >= 4 is 47.4 Å². The van der Waals surface area contributed by atoms with Crippen LogP contribution in [-0.2, 0) is 19.1 Å². The zero-order chi connectivity index (χ0) is 31.7. The van der Waals surface area contributed by atoms with E-state index in [1.165, 1.54) is 43.4 Å². The van der Waals surface area contributed by atoms with Gasteiger partial charge in [0, 0.05) is 41.9 Å². The molecule has 6 rings (SSSR count). The molecular weight excluding hydrogens is 572 g/mol. The minimum Gasteiger partial charge on any atom is -0.453 e. The van der Waals surface area contributed by atoms with Gasteiger partial charge in [0.1, 0.15) is 18.1 Å². The largest absolute Gasteiger partial charge is 0.453 e.